The smallest absolute Gasteiger partial charge is 0.316 e. The number of hydrogen-bond acceptors (Lipinski definition) is 5. The van der Waals surface area contributed by atoms with Crippen molar-refractivity contribution >= 4 is 0 Å². The van der Waals surface area contributed by atoms with Gasteiger partial charge in [0.15, 0.2) is 0 Å². The number of hydrogen-bond donors (Lipinski definition) is 1. The molecule has 1 rings (SSSR count). The van der Waals surface area contributed by atoms with Crippen LogP contribution in [0.2, 0.25) is 0 Å². The van der Waals surface area contributed by atoms with Gasteiger partial charge in [-0.2, -0.15) is 0 Å². The van der Waals surface area contributed by atoms with Crippen LogP contribution in [0.5, 0.6) is 6.01 Å². The van der Waals surface area contributed by atoms with Crippen LogP contribution >= 0.6 is 0 Å². The van der Waals surface area contributed by atoms with Crippen LogP contribution in [0.1, 0.15) is 32.0 Å². The fourth-order valence-electron chi connectivity index (χ4n) is 1.39. The number of aryl methyl sites for hydroxylation is 1. The van der Waals surface area contributed by atoms with Gasteiger partial charge in [-0.1, -0.05) is 0 Å². The summed E-state index contributed by atoms with van der Waals surface area (Å²) < 4.78 is 11.0. The molecule has 0 saturated heterocycles. The predicted octanol–water partition coefficient (Wildman–Crippen LogP) is 1.70. The summed E-state index contributed by atoms with van der Waals surface area (Å²) in [5.74, 6) is 0. The molecule has 0 amide bonds. The average molecular weight is 253 g/mol. The summed E-state index contributed by atoms with van der Waals surface area (Å²) in [6.07, 6.45) is 1.79. The number of nitrogens with zero attached hydrogens (tertiary/aromatic N) is 2. The van der Waals surface area contributed by atoms with Crippen molar-refractivity contribution in [2.75, 3.05) is 20.3 Å². The van der Waals surface area contributed by atoms with E-state index >= 15 is 0 Å². The first kappa shape index (κ1) is 14.9. The maximum Gasteiger partial charge on any atom is 0.316 e. The van der Waals surface area contributed by atoms with Gasteiger partial charge in [0.25, 0.3) is 0 Å². The maximum atomic E-state index is 5.55. The highest BCUT2D eigenvalue weighted by Crippen LogP contribution is 2.09. The molecule has 0 fully saturated rings. The number of rotatable bonds is 6. The van der Waals surface area contributed by atoms with Gasteiger partial charge in [-0.3, -0.25) is 0 Å². The highest BCUT2D eigenvalue weighted by atomic mass is 16.5. The van der Waals surface area contributed by atoms with Gasteiger partial charge in [0.2, 0.25) is 0 Å². The van der Waals surface area contributed by atoms with E-state index in [1.165, 1.54) is 0 Å². The van der Waals surface area contributed by atoms with Gasteiger partial charge in [-0.15, -0.1) is 0 Å². The summed E-state index contributed by atoms with van der Waals surface area (Å²) in [5, 5.41) is 3.07. The Labute approximate surface area is 109 Å². The minimum absolute atomic E-state index is 0.142. The Balaban J connectivity index is 2.41. The van der Waals surface area contributed by atoms with Gasteiger partial charge >= 0.3 is 6.01 Å². The van der Waals surface area contributed by atoms with Crippen molar-refractivity contribution in [3.8, 4) is 6.01 Å². The number of ether oxygens (including phenoxy) is 2. The van der Waals surface area contributed by atoms with Gasteiger partial charge < -0.3 is 14.8 Å². The normalized spacial score (nSPS) is 11.6. The monoisotopic (exact) mass is 253 g/mol. The van der Waals surface area contributed by atoms with Crippen LogP contribution in [0, 0.1) is 6.92 Å². The standard InChI is InChI=1S/C13H23N3O2/c1-10-11(8-14-5)9-15-12(16-10)17-6-7-18-13(2,3)4/h9,14H,6-8H2,1-5H3. The minimum Gasteiger partial charge on any atom is -0.461 e. The van der Waals surface area contributed by atoms with E-state index in [1.54, 1.807) is 6.20 Å². The molecule has 5 heteroatoms. The van der Waals surface area contributed by atoms with Gasteiger partial charge in [0.05, 0.1) is 12.2 Å². The third kappa shape index (κ3) is 5.42. The molecule has 5 nitrogen and oxygen atoms in total. The Morgan fingerprint density at radius 1 is 1.28 bits per heavy atom. The van der Waals surface area contributed by atoms with E-state index < -0.39 is 0 Å². The van der Waals surface area contributed by atoms with Crippen LogP contribution in [0.15, 0.2) is 6.20 Å². The highest BCUT2D eigenvalue weighted by Gasteiger charge is 2.10. The molecule has 1 N–H and O–H groups in total. The van der Waals surface area contributed by atoms with Crippen LogP contribution in [-0.4, -0.2) is 35.8 Å². The molecule has 0 aliphatic heterocycles. The zero-order valence-corrected chi connectivity index (χ0v) is 11.9. The van der Waals surface area contributed by atoms with Gasteiger partial charge in [-0.25, -0.2) is 9.97 Å². The molecule has 0 bridgehead atoms. The van der Waals surface area contributed by atoms with E-state index in [0.717, 1.165) is 17.8 Å². The van der Waals surface area contributed by atoms with Crippen molar-refractivity contribution in [1.82, 2.24) is 15.3 Å². The Morgan fingerprint density at radius 3 is 2.56 bits per heavy atom. The molecule has 0 saturated carbocycles. The zero-order valence-electron chi connectivity index (χ0n) is 11.9. The minimum atomic E-state index is -0.142. The Hall–Kier alpha value is -1.20. The summed E-state index contributed by atoms with van der Waals surface area (Å²) in [5.41, 5.74) is 1.87. The lowest BCUT2D eigenvalue weighted by Gasteiger charge is -2.19. The lowest BCUT2D eigenvalue weighted by molar-refractivity contribution is -0.0174. The predicted molar refractivity (Wildman–Crippen MR) is 70.7 cm³/mol. The summed E-state index contributed by atoms with van der Waals surface area (Å²) in [6, 6.07) is 0.407. The first-order chi connectivity index (χ1) is 8.42. The molecule has 0 radical (unpaired) electrons. The van der Waals surface area contributed by atoms with Crippen LogP contribution in [0.3, 0.4) is 0 Å². The molecule has 18 heavy (non-hydrogen) atoms. The molecule has 0 spiro atoms. The van der Waals surface area contributed by atoms with Crippen LogP contribution in [0.25, 0.3) is 0 Å². The van der Waals surface area contributed by atoms with E-state index in [2.05, 4.69) is 15.3 Å². The topological polar surface area (TPSA) is 56.3 Å². The van der Waals surface area contributed by atoms with Gasteiger partial charge in [-0.05, 0) is 34.7 Å². The summed E-state index contributed by atoms with van der Waals surface area (Å²) >= 11 is 0. The lowest BCUT2D eigenvalue weighted by Crippen LogP contribution is -2.22. The van der Waals surface area contributed by atoms with E-state index in [9.17, 15) is 0 Å². The van der Waals surface area contributed by atoms with Gasteiger partial charge in [0, 0.05) is 24.0 Å². The molecule has 0 aliphatic carbocycles. The fourth-order valence-corrected chi connectivity index (χ4v) is 1.39. The van der Waals surface area contributed by atoms with Crippen LogP contribution < -0.4 is 10.1 Å². The zero-order chi connectivity index (χ0) is 13.6. The molecule has 102 valence electrons. The van der Waals surface area contributed by atoms with Crippen molar-refractivity contribution in [3.05, 3.63) is 17.5 Å². The summed E-state index contributed by atoms with van der Waals surface area (Å²) in [4.78, 5) is 8.46. The number of nitrogens with one attached hydrogen (secondary N) is 1. The molecule has 1 heterocycles. The molecule has 1 aromatic heterocycles. The van der Waals surface area contributed by atoms with E-state index in [1.807, 2.05) is 34.7 Å². The highest BCUT2D eigenvalue weighted by molar-refractivity contribution is 5.17. The Morgan fingerprint density at radius 2 is 2.00 bits per heavy atom. The Bertz CT molecular complexity index is 375. The molecule has 0 unspecified atom stereocenters. The fraction of sp³-hybridized carbons (Fsp3) is 0.692. The van der Waals surface area contributed by atoms with Crippen LogP contribution in [0.4, 0.5) is 0 Å². The van der Waals surface area contributed by atoms with Crippen molar-refractivity contribution in [1.29, 1.82) is 0 Å². The summed E-state index contributed by atoms with van der Waals surface area (Å²) in [7, 11) is 1.90. The third-order valence-electron chi connectivity index (χ3n) is 2.28. The quantitative estimate of drug-likeness (QED) is 0.782. The molecule has 0 aliphatic rings. The van der Waals surface area contributed by atoms with Crippen molar-refractivity contribution in [2.45, 2.75) is 39.8 Å². The SMILES string of the molecule is CNCc1cnc(OCCOC(C)(C)C)nc1C. The average Bonchev–Trinajstić information content (AvgIpc) is 2.27. The largest absolute Gasteiger partial charge is 0.461 e. The second kappa shape index (κ2) is 6.66. The van der Waals surface area contributed by atoms with E-state index in [-0.39, 0.29) is 5.60 Å². The molecular weight excluding hydrogens is 230 g/mol. The van der Waals surface area contributed by atoms with Crippen LogP contribution in [-0.2, 0) is 11.3 Å². The molecular formula is C13H23N3O2. The first-order valence-corrected chi connectivity index (χ1v) is 6.16. The van der Waals surface area contributed by atoms with Gasteiger partial charge in [0.1, 0.15) is 6.61 Å². The van der Waals surface area contributed by atoms with E-state index in [0.29, 0.717) is 19.2 Å². The maximum absolute atomic E-state index is 5.55. The van der Waals surface area contributed by atoms with Crippen molar-refractivity contribution in [3.63, 3.8) is 0 Å². The molecule has 1 aromatic rings. The van der Waals surface area contributed by atoms with E-state index in [4.69, 9.17) is 9.47 Å². The molecule has 0 atom stereocenters. The Kier molecular flexibility index (Phi) is 5.50. The molecule has 0 aromatic carbocycles. The first-order valence-electron chi connectivity index (χ1n) is 6.16. The number of aromatic nitrogens is 2. The lowest BCUT2D eigenvalue weighted by atomic mass is 10.2. The second-order valence-electron chi connectivity index (χ2n) is 5.10. The van der Waals surface area contributed by atoms with Crippen molar-refractivity contribution < 1.29 is 9.47 Å². The second-order valence-corrected chi connectivity index (χ2v) is 5.10. The van der Waals surface area contributed by atoms with Crippen molar-refractivity contribution in [2.24, 2.45) is 0 Å². The third-order valence-corrected chi connectivity index (χ3v) is 2.28. The summed E-state index contributed by atoms with van der Waals surface area (Å²) in [6.45, 7) is 9.75.